The highest BCUT2D eigenvalue weighted by Crippen LogP contribution is 2.15. The summed E-state index contributed by atoms with van der Waals surface area (Å²) in [6.07, 6.45) is 1.93. The molecule has 100 valence electrons. The fourth-order valence-corrected chi connectivity index (χ4v) is 2.48. The Hall–Kier alpha value is -1.56. The maximum atomic E-state index is 10.2. The third-order valence-electron chi connectivity index (χ3n) is 3.53. The summed E-state index contributed by atoms with van der Waals surface area (Å²) in [4.78, 5) is 11.0. The van der Waals surface area contributed by atoms with Gasteiger partial charge in [-0.05, 0) is 32.1 Å². The summed E-state index contributed by atoms with van der Waals surface area (Å²) in [5.41, 5.74) is 2.23. The van der Waals surface area contributed by atoms with E-state index in [2.05, 4.69) is 27.2 Å². The van der Waals surface area contributed by atoms with Crippen LogP contribution in [0.3, 0.4) is 0 Å². The molecule has 1 aromatic heterocycles. The molecule has 0 radical (unpaired) electrons. The monoisotopic (exact) mass is 258 g/mol. The summed E-state index contributed by atoms with van der Waals surface area (Å²) in [5.74, 6) is 0. The number of benzene rings is 1. The van der Waals surface area contributed by atoms with Crippen LogP contribution in [0.4, 0.5) is 0 Å². The van der Waals surface area contributed by atoms with Crippen LogP contribution in [-0.2, 0) is 0 Å². The van der Waals surface area contributed by atoms with Gasteiger partial charge in [-0.15, -0.1) is 0 Å². The van der Waals surface area contributed by atoms with Crippen LogP contribution in [0.1, 0.15) is 18.3 Å². The van der Waals surface area contributed by atoms with Crippen molar-refractivity contribution in [2.24, 2.45) is 0 Å². The third-order valence-corrected chi connectivity index (χ3v) is 3.53. The van der Waals surface area contributed by atoms with Crippen LogP contribution in [0.25, 0.3) is 11.0 Å². The predicted octanol–water partition coefficient (Wildman–Crippen LogP) is 0.914. The van der Waals surface area contributed by atoms with E-state index in [1.165, 1.54) is 0 Å². The number of aliphatic hydroxyl groups excluding tert-OH is 1. The first-order valence-corrected chi connectivity index (χ1v) is 6.57. The van der Waals surface area contributed by atoms with Gasteiger partial charge in [-0.25, -0.2) is 4.98 Å². The van der Waals surface area contributed by atoms with Crippen LogP contribution < -0.4 is 5.32 Å². The SMILES string of the molecule is CN1CC[C@@H](NC(O)c2cnc3ccccc3n2)C1. The van der Waals surface area contributed by atoms with Crippen molar-refractivity contribution in [2.75, 3.05) is 20.1 Å². The van der Waals surface area contributed by atoms with Gasteiger partial charge in [0, 0.05) is 12.6 Å². The lowest BCUT2D eigenvalue weighted by molar-refractivity contribution is 0.120. The van der Waals surface area contributed by atoms with Crippen molar-refractivity contribution in [3.8, 4) is 0 Å². The number of aromatic nitrogens is 2. The summed E-state index contributed by atoms with van der Waals surface area (Å²) >= 11 is 0. The zero-order chi connectivity index (χ0) is 13.2. The van der Waals surface area contributed by atoms with Crippen molar-refractivity contribution >= 4 is 11.0 Å². The summed E-state index contributed by atoms with van der Waals surface area (Å²) in [5, 5.41) is 13.4. The molecule has 2 aromatic rings. The van der Waals surface area contributed by atoms with Gasteiger partial charge in [0.1, 0.15) is 11.9 Å². The first-order chi connectivity index (χ1) is 9.22. The molecule has 5 nitrogen and oxygen atoms in total. The van der Waals surface area contributed by atoms with Gasteiger partial charge < -0.3 is 10.0 Å². The normalized spacial score (nSPS) is 21.9. The van der Waals surface area contributed by atoms with Gasteiger partial charge in [0.15, 0.2) is 0 Å². The molecule has 0 aliphatic carbocycles. The average Bonchev–Trinajstić information content (AvgIpc) is 2.83. The minimum atomic E-state index is -0.756. The second-order valence-corrected chi connectivity index (χ2v) is 5.10. The Morgan fingerprint density at radius 2 is 2.16 bits per heavy atom. The zero-order valence-electron chi connectivity index (χ0n) is 11.0. The average molecular weight is 258 g/mol. The molecule has 19 heavy (non-hydrogen) atoms. The van der Waals surface area contributed by atoms with Crippen molar-refractivity contribution in [1.29, 1.82) is 0 Å². The molecule has 1 fully saturated rings. The highest BCUT2D eigenvalue weighted by atomic mass is 16.3. The lowest BCUT2D eigenvalue weighted by Gasteiger charge is -2.18. The maximum Gasteiger partial charge on any atom is 0.149 e. The van der Waals surface area contributed by atoms with E-state index < -0.39 is 6.23 Å². The standard InChI is InChI=1S/C14H18N4O/c1-18-7-6-10(9-18)16-14(19)13-8-15-11-4-2-3-5-12(11)17-13/h2-5,8,10,14,16,19H,6-7,9H2,1H3/t10-,14?/m1/s1. The Labute approximate surface area is 112 Å². The highest BCUT2D eigenvalue weighted by molar-refractivity contribution is 5.73. The number of likely N-dealkylation sites (tertiary alicyclic amines) is 1. The zero-order valence-corrected chi connectivity index (χ0v) is 11.0. The number of fused-ring (bicyclic) bond motifs is 1. The van der Waals surface area contributed by atoms with Crippen LogP contribution in [0.2, 0.25) is 0 Å². The van der Waals surface area contributed by atoms with Gasteiger partial charge >= 0.3 is 0 Å². The van der Waals surface area contributed by atoms with Gasteiger partial charge in [-0.2, -0.15) is 0 Å². The molecular formula is C14H18N4O. The Balaban J connectivity index is 1.75. The van der Waals surface area contributed by atoms with E-state index in [0.717, 1.165) is 30.5 Å². The van der Waals surface area contributed by atoms with E-state index in [4.69, 9.17) is 0 Å². The number of hydrogen-bond donors (Lipinski definition) is 2. The number of nitrogens with one attached hydrogen (secondary N) is 1. The first kappa shape index (κ1) is 12.5. The number of hydrogen-bond acceptors (Lipinski definition) is 5. The van der Waals surface area contributed by atoms with Crippen molar-refractivity contribution in [2.45, 2.75) is 18.7 Å². The Bertz CT molecular complexity index is 574. The minimum Gasteiger partial charge on any atom is -0.373 e. The number of para-hydroxylation sites is 2. The van der Waals surface area contributed by atoms with Crippen LogP contribution in [0, 0.1) is 0 Å². The molecule has 2 N–H and O–H groups in total. The Kier molecular flexibility index (Phi) is 3.42. The first-order valence-electron chi connectivity index (χ1n) is 6.57. The molecule has 0 spiro atoms. The third kappa shape index (κ3) is 2.73. The fraction of sp³-hybridized carbons (Fsp3) is 0.429. The highest BCUT2D eigenvalue weighted by Gasteiger charge is 2.22. The summed E-state index contributed by atoms with van der Waals surface area (Å²) in [6.45, 7) is 2.02. The lowest BCUT2D eigenvalue weighted by atomic mass is 10.2. The van der Waals surface area contributed by atoms with E-state index in [9.17, 15) is 5.11 Å². The number of rotatable bonds is 3. The molecule has 1 aromatic carbocycles. The van der Waals surface area contributed by atoms with Crippen LogP contribution in [0.15, 0.2) is 30.5 Å². The van der Waals surface area contributed by atoms with Gasteiger partial charge in [0.05, 0.1) is 17.2 Å². The number of nitrogens with zero attached hydrogens (tertiary/aromatic N) is 3. The van der Waals surface area contributed by atoms with Gasteiger partial charge in [0.25, 0.3) is 0 Å². The van der Waals surface area contributed by atoms with Gasteiger partial charge in [-0.1, -0.05) is 12.1 Å². The second-order valence-electron chi connectivity index (χ2n) is 5.10. The van der Waals surface area contributed by atoms with E-state index in [1.54, 1.807) is 6.20 Å². The molecule has 0 amide bonds. The molecule has 2 heterocycles. The van der Waals surface area contributed by atoms with Crippen LogP contribution in [-0.4, -0.2) is 46.2 Å². The molecule has 1 aliphatic heterocycles. The maximum absolute atomic E-state index is 10.2. The predicted molar refractivity (Wildman–Crippen MR) is 73.5 cm³/mol. The number of aliphatic hydroxyl groups is 1. The van der Waals surface area contributed by atoms with Crippen molar-refractivity contribution in [3.63, 3.8) is 0 Å². The van der Waals surface area contributed by atoms with Crippen molar-refractivity contribution in [1.82, 2.24) is 20.2 Å². The summed E-state index contributed by atoms with van der Waals surface area (Å²) in [6, 6.07) is 7.99. The molecule has 3 rings (SSSR count). The minimum absolute atomic E-state index is 0.313. The molecule has 2 atom stereocenters. The lowest BCUT2D eigenvalue weighted by Crippen LogP contribution is -2.35. The van der Waals surface area contributed by atoms with Crippen molar-refractivity contribution in [3.05, 3.63) is 36.2 Å². The van der Waals surface area contributed by atoms with Crippen LogP contribution in [0.5, 0.6) is 0 Å². The van der Waals surface area contributed by atoms with E-state index in [0.29, 0.717) is 11.7 Å². The molecule has 0 bridgehead atoms. The molecule has 0 saturated carbocycles. The van der Waals surface area contributed by atoms with E-state index in [1.807, 2.05) is 24.3 Å². The molecule has 1 unspecified atom stereocenters. The topological polar surface area (TPSA) is 61.3 Å². The molecule has 1 aliphatic rings. The quantitative estimate of drug-likeness (QED) is 0.801. The Morgan fingerprint density at radius 1 is 1.37 bits per heavy atom. The van der Waals surface area contributed by atoms with E-state index in [-0.39, 0.29) is 0 Å². The largest absolute Gasteiger partial charge is 0.373 e. The smallest absolute Gasteiger partial charge is 0.149 e. The Morgan fingerprint density at radius 3 is 2.89 bits per heavy atom. The van der Waals surface area contributed by atoms with Crippen molar-refractivity contribution < 1.29 is 5.11 Å². The molecular weight excluding hydrogens is 240 g/mol. The fourth-order valence-electron chi connectivity index (χ4n) is 2.48. The van der Waals surface area contributed by atoms with Gasteiger partial charge in [0.2, 0.25) is 0 Å². The van der Waals surface area contributed by atoms with Crippen LogP contribution >= 0.6 is 0 Å². The second kappa shape index (κ2) is 5.21. The van der Waals surface area contributed by atoms with Gasteiger partial charge in [-0.3, -0.25) is 10.3 Å². The molecule has 1 saturated heterocycles. The molecule has 5 heteroatoms. The number of likely N-dealkylation sites (N-methyl/N-ethyl adjacent to an activating group) is 1. The summed E-state index contributed by atoms with van der Waals surface area (Å²) in [7, 11) is 2.09. The summed E-state index contributed by atoms with van der Waals surface area (Å²) < 4.78 is 0. The van der Waals surface area contributed by atoms with E-state index >= 15 is 0 Å².